The van der Waals surface area contributed by atoms with Gasteiger partial charge in [0.1, 0.15) is 0 Å². The van der Waals surface area contributed by atoms with Crippen LogP contribution in [0.4, 0.5) is 0 Å². The van der Waals surface area contributed by atoms with E-state index in [-0.39, 0.29) is 10.8 Å². The van der Waals surface area contributed by atoms with Gasteiger partial charge in [0.2, 0.25) is 10.0 Å². The summed E-state index contributed by atoms with van der Waals surface area (Å²) in [5, 5.41) is 10.1. The summed E-state index contributed by atoms with van der Waals surface area (Å²) in [6, 6.07) is 5.54. The van der Waals surface area contributed by atoms with Gasteiger partial charge in [-0.3, -0.25) is 0 Å². The molecule has 0 fully saturated rings. The predicted molar refractivity (Wildman–Crippen MR) is 76.7 cm³/mol. The lowest BCUT2D eigenvalue weighted by Gasteiger charge is -2.26. The van der Waals surface area contributed by atoms with E-state index in [1.54, 1.807) is 19.1 Å². The molecular weight excluding hydrogens is 286 g/mol. The Morgan fingerprint density at radius 3 is 2.47 bits per heavy atom. The van der Waals surface area contributed by atoms with E-state index < -0.39 is 22.2 Å². The first-order valence-corrected chi connectivity index (χ1v) is 8.10. The lowest BCUT2D eigenvalue weighted by molar-refractivity contribution is 0.128. The average molecular weight is 306 g/mol. The summed E-state index contributed by atoms with van der Waals surface area (Å²) in [5.74, 6) is 0.0361. The highest BCUT2D eigenvalue weighted by Crippen LogP contribution is 2.18. The van der Waals surface area contributed by atoms with Crippen LogP contribution in [0.15, 0.2) is 29.2 Å². The van der Waals surface area contributed by atoms with Gasteiger partial charge in [-0.25, -0.2) is 13.1 Å². The summed E-state index contributed by atoms with van der Waals surface area (Å²) in [7, 11) is -3.68. The molecule has 0 aromatic heterocycles. The summed E-state index contributed by atoms with van der Waals surface area (Å²) in [4.78, 5) is 0.106. The minimum Gasteiger partial charge on any atom is -0.392 e. The molecule has 1 aromatic carbocycles. The highest BCUT2D eigenvalue weighted by molar-refractivity contribution is 7.89. The van der Waals surface area contributed by atoms with Crippen molar-refractivity contribution in [2.75, 3.05) is 0 Å². The van der Waals surface area contributed by atoms with E-state index in [0.717, 1.165) is 6.42 Å². The molecule has 3 atom stereocenters. The highest BCUT2D eigenvalue weighted by atomic mass is 35.5. The molecule has 19 heavy (non-hydrogen) atoms. The van der Waals surface area contributed by atoms with Crippen molar-refractivity contribution >= 4 is 21.6 Å². The van der Waals surface area contributed by atoms with Crippen molar-refractivity contribution in [1.29, 1.82) is 0 Å². The van der Waals surface area contributed by atoms with E-state index in [2.05, 4.69) is 4.72 Å². The first kappa shape index (κ1) is 16.4. The van der Waals surface area contributed by atoms with Gasteiger partial charge in [0.25, 0.3) is 0 Å². The Morgan fingerprint density at radius 1 is 1.37 bits per heavy atom. The molecule has 0 spiro atoms. The summed E-state index contributed by atoms with van der Waals surface area (Å²) >= 11 is 5.80. The highest BCUT2D eigenvalue weighted by Gasteiger charge is 2.27. The standard InChI is InChI=1S/C13H20ClNO3S/c1-4-9(2)13(10(3)16)15-19(17,18)12-7-5-6-11(14)8-12/h5-10,13,15-16H,4H2,1-3H3/t9-,10?,13-/m0/s1. The van der Waals surface area contributed by atoms with E-state index in [4.69, 9.17) is 11.6 Å². The van der Waals surface area contributed by atoms with Crippen molar-refractivity contribution in [2.45, 2.75) is 44.2 Å². The minimum atomic E-state index is -3.68. The van der Waals surface area contributed by atoms with E-state index in [1.165, 1.54) is 12.1 Å². The maximum absolute atomic E-state index is 12.2. The normalized spacial score (nSPS) is 16.9. The Morgan fingerprint density at radius 2 is 2.00 bits per heavy atom. The van der Waals surface area contributed by atoms with Crippen LogP contribution in [0.2, 0.25) is 5.02 Å². The van der Waals surface area contributed by atoms with Gasteiger partial charge >= 0.3 is 0 Å². The van der Waals surface area contributed by atoms with Gasteiger partial charge in [-0.15, -0.1) is 0 Å². The van der Waals surface area contributed by atoms with Crippen molar-refractivity contribution in [3.8, 4) is 0 Å². The molecule has 0 heterocycles. The van der Waals surface area contributed by atoms with E-state index in [9.17, 15) is 13.5 Å². The number of halogens is 1. The molecule has 0 bridgehead atoms. The van der Waals surface area contributed by atoms with Crippen LogP contribution in [0.5, 0.6) is 0 Å². The number of hydrogen-bond acceptors (Lipinski definition) is 3. The summed E-state index contributed by atoms with van der Waals surface area (Å²) < 4.78 is 27.0. The maximum Gasteiger partial charge on any atom is 0.240 e. The van der Waals surface area contributed by atoms with Gasteiger partial charge < -0.3 is 5.11 Å². The number of rotatable bonds is 6. The molecule has 2 N–H and O–H groups in total. The van der Waals surface area contributed by atoms with Gasteiger partial charge in [0.05, 0.1) is 17.0 Å². The lowest BCUT2D eigenvalue weighted by Crippen LogP contribution is -2.46. The Labute approximate surface area is 119 Å². The molecule has 6 heteroatoms. The number of hydrogen-bond donors (Lipinski definition) is 2. The number of aliphatic hydroxyl groups is 1. The second-order valence-electron chi connectivity index (χ2n) is 4.73. The van der Waals surface area contributed by atoms with Crippen LogP contribution in [0.1, 0.15) is 27.2 Å². The average Bonchev–Trinajstić information content (AvgIpc) is 2.35. The third-order valence-corrected chi connectivity index (χ3v) is 4.87. The fourth-order valence-corrected chi connectivity index (χ4v) is 3.54. The Balaban J connectivity index is 3.01. The second kappa shape index (κ2) is 6.70. The molecule has 1 unspecified atom stereocenters. The van der Waals surface area contributed by atoms with Crippen LogP contribution in [-0.4, -0.2) is 25.7 Å². The van der Waals surface area contributed by atoms with E-state index in [0.29, 0.717) is 5.02 Å². The van der Waals surface area contributed by atoms with Gasteiger partial charge in [-0.1, -0.05) is 37.9 Å². The molecule has 0 saturated carbocycles. The molecule has 0 saturated heterocycles. The van der Waals surface area contributed by atoms with Crippen molar-refractivity contribution in [3.05, 3.63) is 29.3 Å². The van der Waals surface area contributed by atoms with Gasteiger partial charge in [-0.2, -0.15) is 0 Å². The van der Waals surface area contributed by atoms with Crippen LogP contribution in [0, 0.1) is 5.92 Å². The van der Waals surface area contributed by atoms with E-state index >= 15 is 0 Å². The summed E-state index contributed by atoms with van der Waals surface area (Å²) in [5.41, 5.74) is 0. The van der Waals surface area contributed by atoms with Gasteiger partial charge in [0, 0.05) is 5.02 Å². The monoisotopic (exact) mass is 305 g/mol. The predicted octanol–water partition coefficient (Wildman–Crippen LogP) is 2.41. The lowest BCUT2D eigenvalue weighted by atomic mass is 9.96. The zero-order valence-electron chi connectivity index (χ0n) is 11.3. The Hall–Kier alpha value is -0.620. The van der Waals surface area contributed by atoms with Crippen molar-refractivity contribution in [1.82, 2.24) is 4.72 Å². The first-order valence-electron chi connectivity index (χ1n) is 6.24. The molecule has 4 nitrogen and oxygen atoms in total. The smallest absolute Gasteiger partial charge is 0.240 e. The number of aliphatic hydroxyl groups excluding tert-OH is 1. The third kappa shape index (κ3) is 4.45. The quantitative estimate of drug-likeness (QED) is 0.848. The zero-order chi connectivity index (χ0) is 14.6. The molecule has 0 amide bonds. The number of sulfonamides is 1. The molecular formula is C13H20ClNO3S. The van der Waals surface area contributed by atoms with Gasteiger partial charge in [0.15, 0.2) is 0 Å². The van der Waals surface area contributed by atoms with Crippen LogP contribution in [0.25, 0.3) is 0 Å². The largest absolute Gasteiger partial charge is 0.392 e. The Bertz CT molecular complexity index is 516. The first-order chi connectivity index (χ1) is 8.77. The number of nitrogens with one attached hydrogen (secondary N) is 1. The molecule has 1 aromatic rings. The fraction of sp³-hybridized carbons (Fsp3) is 0.538. The van der Waals surface area contributed by atoms with Crippen molar-refractivity contribution in [2.24, 2.45) is 5.92 Å². The molecule has 0 aliphatic heterocycles. The molecule has 1 rings (SSSR count). The van der Waals surface area contributed by atoms with Crippen LogP contribution in [-0.2, 0) is 10.0 Å². The second-order valence-corrected chi connectivity index (χ2v) is 6.88. The van der Waals surface area contributed by atoms with Crippen LogP contribution >= 0.6 is 11.6 Å². The molecule has 0 aliphatic carbocycles. The Kier molecular flexibility index (Phi) is 5.80. The number of benzene rings is 1. The zero-order valence-corrected chi connectivity index (χ0v) is 12.9. The maximum atomic E-state index is 12.2. The SMILES string of the molecule is CC[C@H](C)[C@H](NS(=O)(=O)c1cccc(Cl)c1)C(C)O. The molecule has 108 valence electrons. The van der Waals surface area contributed by atoms with Gasteiger partial charge in [-0.05, 0) is 31.0 Å². The van der Waals surface area contributed by atoms with Crippen molar-refractivity contribution in [3.63, 3.8) is 0 Å². The molecule has 0 radical (unpaired) electrons. The fourth-order valence-electron chi connectivity index (χ4n) is 1.83. The minimum absolute atomic E-state index is 0.0361. The van der Waals surface area contributed by atoms with Crippen LogP contribution in [0.3, 0.4) is 0 Å². The topological polar surface area (TPSA) is 66.4 Å². The summed E-state index contributed by atoms with van der Waals surface area (Å²) in [6.07, 6.45) is 0.0112. The third-order valence-electron chi connectivity index (χ3n) is 3.17. The van der Waals surface area contributed by atoms with E-state index in [1.807, 2.05) is 13.8 Å². The van der Waals surface area contributed by atoms with Crippen molar-refractivity contribution < 1.29 is 13.5 Å². The molecule has 0 aliphatic rings. The summed E-state index contributed by atoms with van der Waals surface area (Å²) in [6.45, 7) is 5.43. The van der Waals surface area contributed by atoms with Crippen LogP contribution < -0.4 is 4.72 Å².